The standard InChI is InChI=1S/C23H25N5O2S2/c1-3-28-21(17-10-12-30-15(17)2)25-26-23(28)31-14-20(29)27-11-6-7-16(13-27)22-24-18-8-4-5-9-19(18)32-22/h4-5,8-10,12,16H,3,6-7,11,13-14H2,1-2H3/t16-/m1/s1. The summed E-state index contributed by atoms with van der Waals surface area (Å²) in [6, 6.07) is 10.1. The number of carbonyl (C=O) groups excluding carboxylic acids is 1. The van der Waals surface area contributed by atoms with Crippen molar-refractivity contribution in [1.29, 1.82) is 0 Å². The molecule has 4 aromatic rings. The number of para-hydroxylation sites is 1. The number of hydrogen-bond donors (Lipinski definition) is 0. The Labute approximate surface area is 194 Å². The number of likely N-dealkylation sites (tertiary alicyclic amines) is 1. The fourth-order valence-corrected chi connectivity index (χ4v) is 6.18. The number of thioether (sulfide) groups is 1. The molecule has 9 heteroatoms. The number of piperidine rings is 1. The zero-order valence-electron chi connectivity index (χ0n) is 18.2. The summed E-state index contributed by atoms with van der Waals surface area (Å²) < 4.78 is 8.67. The number of aryl methyl sites for hydroxylation is 1. The second kappa shape index (κ2) is 9.07. The van der Waals surface area contributed by atoms with Crippen LogP contribution in [-0.4, -0.2) is 49.4 Å². The van der Waals surface area contributed by atoms with Gasteiger partial charge in [0.15, 0.2) is 11.0 Å². The highest BCUT2D eigenvalue weighted by atomic mass is 32.2. The lowest BCUT2D eigenvalue weighted by Gasteiger charge is -2.31. The Bertz CT molecular complexity index is 1210. The molecule has 5 rings (SSSR count). The first-order chi connectivity index (χ1) is 15.6. The molecule has 0 aliphatic carbocycles. The molecule has 7 nitrogen and oxygen atoms in total. The SMILES string of the molecule is CCn1c(SCC(=O)N2CCC[C@@H](c3nc4ccccc4s3)C2)nnc1-c1ccoc1C. The van der Waals surface area contributed by atoms with Crippen molar-refractivity contribution in [3.63, 3.8) is 0 Å². The minimum Gasteiger partial charge on any atom is -0.469 e. The van der Waals surface area contributed by atoms with E-state index >= 15 is 0 Å². The van der Waals surface area contributed by atoms with Crippen LogP contribution in [0.15, 0.2) is 46.2 Å². The van der Waals surface area contributed by atoms with Crippen LogP contribution in [0.5, 0.6) is 0 Å². The number of fused-ring (bicyclic) bond motifs is 1. The molecule has 1 aliphatic rings. The zero-order valence-corrected chi connectivity index (χ0v) is 19.8. The average Bonchev–Trinajstić information content (AvgIpc) is 3.54. The van der Waals surface area contributed by atoms with Crippen molar-refractivity contribution < 1.29 is 9.21 Å². The van der Waals surface area contributed by atoms with Gasteiger partial charge in [-0.1, -0.05) is 23.9 Å². The number of amides is 1. The van der Waals surface area contributed by atoms with E-state index in [1.165, 1.54) is 16.5 Å². The Balaban J connectivity index is 1.25. The van der Waals surface area contributed by atoms with Crippen LogP contribution in [0.3, 0.4) is 0 Å². The van der Waals surface area contributed by atoms with Crippen molar-refractivity contribution in [2.45, 2.75) is 44.3 Å². The average molecular weight is 468 g/mol. The first kappa shape index (κ1) is 21.2. The zero-order chi connectivity index (χ0) is 22.1. The highest BCUT2D eigenvalue weighted by molar-refractivity contribution is 7.99. The minimum absolute atomic E-state index is 0.146. The van der Waals surface area contributed by atoms with Crippen LogP contribution < -0.4 is 0 Å². The first-order valence-corrected chi connectivity index (χ1v) is 12.7. The summed E-state index contributed by atoms with van der Waals surface area (Å²) in [5.41, 5.74) is 1.99. The lowest BCUT2D eigenvalue weighted by Crippen LogP contribution is -2.40. The van der Waals surface area contributed by atoms with Gasteiger partial charge in [0.05, 0.1) is 32.8 Å². The van der Waals surface area contributed by atoms with Gasteiger partial charge in [-0.25, -0.2) is 4.98 Å². The topological polar surface area (TPSA) is 77.1 Å². The van der Waals surface area contributed by atoms with Gasteiger partial charge in [-0.05, 0) is 44.9 Å². The van der Waals surface area contributed by atoms with Gasteiger partial charge in [0.25, 0.3) is 0 Å². The molecule has 4 heterocycles. The van der Waals surface area contributed by atoms with E-state index in [4.69, 9.17) is 9.40 Å². The van der Waals surface area contributed by atoms with E-state index < -0.39 is 0 Å². The van der Waals surface area contributed by atoms with E-state index in [0.717, 1.165) is 65.3 Å². The number of nitrogens with zero attached hydrogens (tertiary/aromatic N) is 5. The van der Waals surface area contributed by atoms with Crippen LogP contribution >= 0.6 is 23.1 Å². The Hall–Kier alpha value is -2.65. The molecule has 0 bridgehead atoms. The normalized spacial score (nSPS) is 16.7. The molecule has 0 saturated carbocycles. The van der Waals surface area contributed by atoms with Gasteiger partial charge in [0.2, 0.25) is 5.91 Å². The smallest absolute Gasteiger partial charge is 0.233 e. The van der Waals surface area contributed by atoms with Crippen LogP contribution in [0.2, 0.25) is 0 Å². The summed E-state index contributed by atoms with van der Waals surface area (Å²) >= 11 is 3.20. The number of carbonyl (C=O) groups is 1. The monoisotopic (exact) mass is 467 g/mol. The van der Waals surface area contributed by atoms with Crippen molar-refractivity contribution in [1.82, 2.24) is 24.6 Å². The van der Waals surface area contributed by atoms with Crippen LogP contribution in [0, 0.1) is 6.92 Å². The molecule has 3 aromatic heterocycles. The molecule has 32 heavy (non-hydrogen) atoms. The van der Waals surface area contributed by atoms with Gasteiger partial charge < -0.3 is 13.9 Å². The fraction of sp³-hybridized carbons (Fsp3) is 0.391. The van der Waals surface area contributed by atoms with Crippen molar-refractivity contribution in [3.8, 4) is 11.4 Å². The summed E-state index contributed by atoms with van der Waals surface area (Å²) in [7, 11) is 0. The van der Waals surface area contributed by atoms with Crippen LogP contribution in [0.25, 0.3) is 21.6 Å². The number of furan rings is 1. The lowest BCUT2D eigenvalue weighted by molar-refractivity contribution is -0.129. The van der Waals surface area contributed by atoms with E-state index in [1.54, 1.807) is 17.6 Å². The molecular formula is C23H25N5O2S2. The van der Waals surface area contributed by atoms with E-state index in [-0.39, 0.29) is 5.91 Å². The predicted octanol–water partition coefficient (Wildman–Crippen LogP) is 4.97. The highest BCUT2D eigenvalue weighted by Crippen LogP contribution is 2.33. The molecule has 0 radical (unpaired) electrons. The Morgan fingerprint density at radius 1 is 1.28 bits per heavy atom. The molecule has 166 valence electrons. The number of hydrogen-bond acceptors (Lipinski definition) is 7. The molecule has 0 spiro atoms. The van der Waals surface area contributed by atoms with Gasteiger partial charge in [-0.15, -0.1) is 21.5 Å². The van der Waals surface area contributed by atoms with Crippen LogP contribution in [-0.2, 0) is 11.3 Å². The molecule has 1 aromatic carbocycles. The molecular weight excluding hydrogens is 442 g/mol. The van der Waals surface area contributed by atoms with Crippen molar-refractivity contribution >= 4 is 39.2 Å². The number of rotatable bonds is 6. The molecule has 1 aliphatic heterocycles. The number of aromatic nitrogens is 4. The maximum Gasteiger partial charge on any atom is 0.233 e. The summed E-state index contributed by atoms with van der Waals surface area (Å²) in [6.07, 6.45) is 3.74. The van der Waals surface area contributed by atoms with Gasteiger partial charge in [-0.2, -0.15) is 0 Å². The van der Waals surface area contributed by atoms with Crippen LogP contribution in [0.1, 0.15) is 36.5 Å². The third-order valence-electron chi connectivity index (χ3n) is 5.89. The lowest BCUT2D eigenvalue weighted by atomic mass is 9.99. The summed E-state index contributed by atoms with van der Waals surface area (Å²) in [6.45, 7) is 6.24. The molecule has 1 saturated heterocycles. The Morgan fingerprint density at radius 3 is 2.94 bits per heavy atom. The fourth-order valence-electron chi connectivity index (χ4n) is 4.18. The number of thiazole rings is 1. The summed E-state index contributed by atoms with van der Waals surface area (Å²) in [5.74, 6) is 2.41. The summed E-state index contributed by atoms with van der Waals surface area (Å²) in [5, 5.41) is 10.6. The maximum atomic E-state index is 13.0. The van der Waals surface area contributed by atoms with Gasteiger partial charge in [-0.3, -0.25) is 4.79 Å². The van der Waals surface area contributed by atoms with E-state index in [9.17, 15) is 4.79 Å². The van der Waals surface area contributed by atoms with Crippen molar-refractivity contribution in [2.24, 2.45) is 0 Å². The molecule has 1 amide bonds. The second-order valence-corrected chi connectivity index (χ2v) is 9.93. The van der Waals surface area contributed by atoms with E-state index in [1.807, 2.05) is 34.6 Å². The number of benzene rings is 1. The van der Waals surface area contributed by atoms with Crippen molar-refractivity contribution in [3.05, 3.63) is 47.4 Å². The molecule has 1 atom stereocenters. The molecule has 0 N–H and O–H groups in total. The van der Waals surface area contributed by atoms with Gasteiger partial charge >= 0.3 is 0 Å². The van der Waals surface area contributed by atoms with E-state index in [0.29, 0.717) is 11.7 Å². The molecule has 0 unspecified atom stereocenters. The first-order valence-electron chi connectivity index (χ1n) is 10.9. The third kappa shape index (κ3) is 4.06. The minimum atomic E-state index is 0.146. The highest BCUT2D eigenvalue weighted by Gasteiger charge is 2.27. The third-order valence-corrected chi connectivity index (χ3v) is 8.04. The van der Waals surface area contributed by atoms with Gasteiger partial charge in [0.1, 0.15) is 5.76 Å². The van der Waals surface area contributed by atoms with Crippen molar-refractivity contribution in [2.75, 3.05) is 18.8 Å². The second-order valence-electron chi connectivity index (χ2n) is 7.93. The van der Waals surface area contributed by atoms with Gasteiger partial charge in [0, 0.05) is 25.6 Å². The van der Waals surface area contributed by atoms with E-state index in [2.05, 4.69) is 29.3 Å². The van der Waals surface area contributed by atoms with Crippen LogP contribution in [0.4, 0.5) is 0 Å². The summed E-state index contributed by atoms with van der Waals surface area (Å²) in [4.78, 5) is 19.8. The predicted molar refractivity (Wildman–Crippen MR) is 127 cm³/mol. The Morgan fingerprint density at radius 2 is 2.16 bits per heavy atom. The Kier molecular flexibility index (Phi) is 6.01. The maximum absolute atomic E-state index is 13.0. The quantitative estimate of drug-likeness (QED) is 0.373. The molecule has 1 fully saturated rings. The largest absolute Gasteiger partial charge is 0.469 e.